The molecule has 3 aromatic rings. The molecule has 3 aromatic carbocycles. The van der Waals surface area contributed by atoms with E-state index in [1.807, 2.05) is 72.5 Å². The number of hydrogen-bond donors (Lipinski definition) is 0. The molecule has 1 aliphatic heterocycles. The van der Waals surface area contributed by atoms with E-state index < -0.39 is 0 Å². The van der Waals surface area contributed by atoms with E-state index in [4.69, 9.17) is 9.47 Å². The molecule has 1 saturated heterocycles. The Morgan fingerprint density at radius 2 is 1.77 bits per heavy atom. The number of nitrogens with zero attached hydrogens (tertiary/aromatic N) is 2. The number of methoxy groups -OCH3 is 1. The number of aryl methyl sites for hydroxylation is 1. The zero-order valence-electron chi connectivity index (χ0n) is 20.2. The van der Waals surface area contributed by atoms with Gasteiger partial charge in [-0.2, -0.15) is 0 Å². The molecule has 5 nitrogen and oxygen atoms in total. The Morgan fingerprint density at radius 3 is 2.49 bits per heavy atom. The van der Waals surface area contributed by atoms with Gasteiger partial charge >= 0.3 is 0 Å². The fraction of sp³-hybridized carbons (Fsp3) is 0.276. The number of ether oxygens (including phenoxy) is 2. The largest absolute Gasteiger partial charge is 0.496 e. The van der Waals surface area contributed by atoms with Gasteiger partial charge in [0.05, 0.1) is 7.11 Å². The summed E-state index contributed by atoms with van der Waals surface area (Å²) in [7, 11) is 1.64. The third kappa shape index (κ3) is 6.93. The maximum Gasteiger partial charge on any atom is 0.246 e. The van der Waals surface area contributed by atoms with Crippen LogP contribution < -0.4 is 9.47 Å². The molecule has 6 heteroatoms. The van der Waals surface area contributed by atoms with Gasteiger partial charge in [0.2, 0.25) is 5.91 Å². The monoisotopic (exact) mass is 474 g/mol. The smallest absolute Gasteiger partial charge is 0.246 e. The molecule has 0 aromatic heterocycles. The molecular formula is C29H31FN2O3. The second-order valence-corrected chi connectivity index (χ2v) is 8.74. The zero-order valence-corrected chi connectivity index (χ0v) is 20.2. The molecule has 35 heavy (non-hydrogen) atoms. The van der Waals surface area contributed by atoms with Gasteiger partial charge in [-0.15, -0.1) is 0 Å². The van der Waals surface area contributed by atoms with Gasteiger partial charge in [-0.3, -0.25) is 9.69 Å². The van der Waals surface area contributed by atoms with Crippen molar-refractivity contribution in [3.63, 3.8) is 0 Å². The zero-order chi connectivity index (χ0) is 24.6. The molecule has 0 aliphatic carbocycles. The first kappa shape index (κ1) is 24.5. The number of carbonyl (C=O) groups excluding carboxylic acids is 1. The summed E-state index contributed by atoms with van der Waals surface area (Å²) in [6, 6.07) is 20.3. The van der Waals surface area contributed by atoms with Crippen molar-refractivity contribution in [1.82, 2.24) is 9.80 Å². The lowest BCUT2D eigenvalue weighted by Crippen LogP contribution is -2.47. The van der Waals surface area contributed by atoms with Gasteiger partial charge in [-0.05, 0) is 66.1 Å². The summed E-state index contributed by atoms with van der Waals surface area (Å²) in [4.78, 5) is 16.9. The van der Waals surface area contributed by atoms with Gasteiger partial charge in [0.1, 0.15) is 23.9 Å². The fourth-order valence-corrected chi connectivity index (χ4v) is 4.13. The first-order valence-corrected chi connectivity index (χ1v) is 11.8. The topological polar surface area (TPSA) is 42.0 Å². The minimum absolute atomic E-state index is 0.000175. The Morgan fingerprint density at radius 1 is 1.00 bits per heavy atom. The highest BCUT2D eigenvalue weighted by Crippen LogP contribution is 2.23. The highest BCUT2D eigenvalue weighted by molar-refractivity contribution is 5.91. The first-order chi connectivity index (χ1) is 17.0. The van der Waals surface area contributed by atoms with Crippen molar-refractivity contribution in [1.29, 1.82) is 0 Å². The molecule has 0 unspecified atom stereocenters. The van der Waals surface area contributed by atoms with Crippen LogP contribution in [0.4, 0.5) is 4.39 Å². The Hall–Kier alpha value is -3.64. The molecule has 1 heterocycles. The molecule has 182 valence electrons. The average Bonchev–Trinajstić information content (AvgIpc) is 2.88. The molecule has 0 spiro atoms. The number of amides is 1. The summed E-state index contributed by atoms with van der Waals surface area (Å²) >= 11 is 0. The third-order valence-corrected chi connectivity index (χ3v) is 6.11. The molecule has 1 aliphatic rings. The minimum atomic E-state index is -0.223. The Kier molecular flexibility index (Phi) is 8.16. The van der Waals surface area contributed by atoms with Crippen LogP contribution in [0, 0.1) is 12.7 Å². The Balaban J connectivity index is 1.32. The van der Waals surface area contributed by atoms with Crippen molar-refractivity contribution >= 4 is 12.0 Å². The van der Waals surface area contributed by atoms with E-state index in [1.54, 1.807) is 13.2 Å². The lowest BCUT2D eigenvalue weighted by molar-refractivity contribution is -0.127. The summed E-state index contributed by atoms with van der Waals surface area (Å²) in [6.07, 6.45) is 3.46. The number of hydrogen-bond acceptors (Lipinski definition) is 4. The second kappa shape index (κ2) is 11.7. The third-order valence-electron chi connectivity index (χ3n) is 6.11. The van der Waals surface area contributed by atoms with Crippen LogP contribution in [0.3, 0.4) is 0 Å². The van der Waals surface area contributed by atoms with Crippen LogP contribution in [0.25, 0.3) is 6.08 Å². The highest BCUT2D eigenvalue weighted by atomic mass is 19.1. The molecule has 0 N–H and O–H groups in total. The van der Waals surface area contributed by atoms with Crippen LogP contribution in [0.1, 0.15) is 22.3 Å². The standard InChI is InChI=1S/C29H31FN2O3/c1-22-4-3-5-27(18-22)35-21-25-19-23(8-12-28(25)34-2)9-13-29(33)32-16-14-31(15-17-32)20-24-6-10-26(30)11-7-24/h3-13,18-19H,14-17,20-21H2,1-2H3/b13-9+. The molecule has 0 atom stereocenters. The van der Waals surface area contributed by atoms with E-state index in [0.29, 0.717) is 19.7 Å². The van der Waals surface area contributed by atoms with Crippen LogP contribution in [0.15, 0.2) is 72.8 Å². The Labute approximate surface area is 206 Å². The van der Waals surface area contributed by atoms with Crippen molar-refractivity contribution in [2.45, 2.75) is 20.1 Å². The van der Waals surface area contributed by atoms with Gasteiger partial charge in [-0.25, -0.2) is 4.39 Å². The molecule has 1 amide bonds. The molecule has 0 radical (unpaired) electrons. The van der Waals surface area contributed by atoms with Gasteiger partial charge in [0.15, 0.2) is 0 Å². The van der Waals surface area contributed by atoms with Crippen molar-refractivity contribution in [3.8, 4) is 11.5 Å². The predicted octanol–water partition coefficient (Wildman–Crippen LogP) is 5.08. The summed E-state index contributed by atoms with van der Waals surface area (Å²) in [5, 5.41) is 0. The minimum Gasteiger partial charge on any atom is -0.496 e. The molecule has 1 fully saturated rings. The van der Waals surface area contributed by atoms with Crippen molar-refractivity contribution in [2.24, 2.45) is 0 Å². The number of rotatable bonds is 8. The van der Waals surface area contributed by atoms with E-state index in [2.05, 4.69) is 4.90 Å². The molecular weight excluding hydrogens is 443 g/mol. The number of carbonyl (C=O) groups is 1. The first-order valence-electron chi connectivity index (χ1n) is 11.8. The molecule has 0 saturated carbocycles. The van der Waals surface area contributed by atoms with Crippen LogP contribution in [0.5, 0.6) is 11.5 Å². The van der Waals surface area contributed by atoms with E-state index in [9.17, 15) is 9.18 Å². The number of benzene rings is 3. The number of piperazine rings is 1. The maximum absolute atomic E-state index is 13.1. The van der Waals surface area contributed by atoms with Crippen LogP contribution in [-0.4, -0.2) is 49.0 Å². The highest BCUT2D eigenvalue weighted by Gasteiger charge is 2.19. The summed E-state index contributed by atoms with van der Waals surface area (Å²) < 4.78 is 24.5. The molecule has 0 bridgehead atoms. The Bertz CT molecular complexity index is 1170. The summed E-state index contributed by atoms with van der Waals surface area (Å²) in [5.74, 6) is 1.33. The summed E-state index contributed by atoms with van der Waals surface area (Å²) in [6.45, 7) is 6.09. The second-order valence-electron chi connectivity index (χ2n) is 8.74. The van der Waals surface area contributed by atoms with Gasteiger partial charge in [-0.1, -0.05) is 30.3 Å². The lowest BCUT2D eigenvalue weighted by atomic mass is 10.1. The van der Waals surface area contributed by atoms with E-state index >= 15 is 0 Å². The van der Waals surface area contributed by atoms with E-state index in [0.717, 1.165) is 53.4 Å². The van der Waals surface area contributed by atoms with Crippen LogP contribution >= 0.6 is 0 Å². The predicted molar refractivity (Wildman–Crippen MR) is 136 cm³/mol. The van der Waals surface area contributed by atoms with Crippen LogP contribution in [-0.2, 0) is 17.9 Å². The quantitative estimate of drug-likeness (QED) is 0.427. The van der Waals surface area contributed by atoms with Crippen molar-refractivity contribution in [3.05, 3.63) is 101 Å². The van der Waals surface area contributed by atoms with Gasteiger partial charge in [0, 0.05) is 44.4 Å². The lowest BCUT2D eigenvalue weighted by Gasteiger charge is -2.34. The van der Waals surface area contributed by atoms with E-state index in [-0.39, 0.29) is 11.7 Å². The normalized spacial score (nSPS) is 14.3. The average molecular weight is 475 g/mol. The number of halogens is 1. The fourth-order valence-electron chi connectivity index (χ4n) is 4.13. The van der Waals surface area contributed by atoms with Crippen LogP contribution in [0.2, 0.25) is 0 Å². The maximum atomic E-state index is 13.1. The van der Waals surface area contributed by atoms with E-state index in [1.165, 1.54) is 12.1 Å². The van der Waals surface area contributed by atoms with Crippen molar-refractivity contribution in [2.75, 3.05) is 33.3 Å². The SMILES string of the molecule is COc1ccc(/C=C/C(=O)N2CCN(Cc3ccc(F)cc3)CC2)cc1COc1cccc(C)c1. The van der Waals surface area contributed by atoms with Gasteiger partial charge < -0.3 is 14.4 Å². The summed E-state index contributed by atoms with van der Waals surface area (Å²) in [5.41, 5.74) is 4.05. The van der Waals surface area contributed by atoms with Crippen molar-refractivity contribution < 1.29 is 18.7 Å². The molecule has 4 rings (SSSR count). The van der Waals surface area contributed by atoms with Gasteiger partial charge in [0.25, 0.3) is 0 Å².